The summed E-state index contributed by atoms with van der Waals surface area (Å²) in [6.07, 6.45) is 0. The molecule has 1 unspecified atom stereocenters. The van der Waals surface area contributed by atoms with Gasteiger partial charge in [-0.2, -0.15) is 0 Å². The van der Waals surface area contributed by atoms with Crippen LogP contribution >= 0.6 is 0 Å². The van der Waals surface area contributed by atoms with Gasteiger partial charge in [0.05, 0.1) is 5.69 Å². The first-order chi connectivity index (χ1) is 7.92. The fourth-order valence-electron chi connectivity index (χ4n) is 1.63. The van der Waals surface area contributed by atoms with E-state index in [4.69, 9.17) is 0 Å². The van der Waals surface area contributed by atoms with E-state index in [1.807, 2.05) is 20.8 Å². The number of hydrazine groups is 1. The Morgan fingerprint density at radius 2 is 1.88 bits per heavy atom. The number of carbonyl (C=O) groups is 1. The van der Waals surface area contributed by atoms with Crippen LogP contribution in [0.4, 0.5) is 14.9 Å². The summed E-state index contributed by atoms with van der Waals surface area (Å²) in [6.45, 7) is 5.95. The SMILES string of the molecule is CC(C)C1(C)NC(=O)N(c2ccc(F)cc2)N1. The topological polar surface area (TPSA) is 44.4 Å². The summed E-state index contributed by atoms with van der Waals surface area (Å²) in [6, 6.07) is 5.56. The zero-order valence-corrected chi connectivity index (χ0v) is 10.1. The monoisotopic (exact) mass is 237 g/mol. The summed E-state index contributed by atoms with van der Waals surface area (Å²) in [5.74, 6) is -0.0862. The molecule has 17 heavy (non-hydrogen) atoms. The summed E-state index contributed by atoms with van der Waals surface area (Å²) in [4.78, 5) is 11.8. The third kappa shape index (κ3) is 2.10. The van der Waals surface area contributed by atoms with E-state index >= 15 is 0 Å². The predicted octanol–water partition coefficient (Wildman–Crippen LogP) is 2.23. The number of amides is 2. The van der Waals surface area contributed by atoms with Gasteiger partial charge in [0, 0.05) is 0 Å². The van der Waals surface area contributed by atoms with E-state index in [0.717, 1.165) is 0 Å². The van der Waals surface area contributed by atoms with Crippen molar-refractivity contribution in [3.05, 3.63) is 30.1 Å². The predicted molar refractivity (Wildman–Crippen MR) is 63.8 cm³/mol. The Morgan fingerprint density at radius 1 is 1.29 bits per heavy atom. The van der Waals surface area contributed by atoms with Gasteiger partial charge in [-0.15, -0.1) is 0 Å². The number of nitrogens with zero attached hydrogens (tertiary/aromatic N) is 1. The molecule has 0 aliphatic carbocycles. The van der Waals surface area contributed by atoms with Crippen LogP contribution in [0.5, 0.6) is 0 Å². The van der Waals surface area contributed by atoms with Gasteiger partial charge in [-0.05, 0) is 37.1 Å². The quantitative estimate of drug-likeness (QED) is 0.828. The highest BCUT2D eigenvalue weighted by Gasteiger charge is 2.41. The fraction of sp³-hybridized carbons (Fsp3) is 0.417. The second kappa shape index (κ2) is 4.00. The molecule has 1 fully saturated rings. The van der Waals surface area contributed by atoms with E-state index in [1.165, 1.54) is 17.1 Å². The molecule has 2 rings (SSSR count). The van der Waals surface area contributed by atoms with Crippen molar-refractivity contribution < 1.29 is 9.18 Å². The number of urea groups is 1. The third-order valence-electron chi connectivity index (χ3n) is 3.15. The van der Waals surface area contributed by atoms with Crippen LogP contribution in [0, 0.1) is 11.7 Å². The van der Waals surface area contributed by atoms with E-state index in [1.54, 1.807) is 12.1 Å². The van der Waals surface area contributed by atoms with Crippen LogP contribution in [0.3, 0.4) is 0 Å². The van der Waals surface area contributed by atoms with Crippen LogP contribution in [0.25, 0.3) is 0 Å². The zero-order chi connectivity index (χ0) is 12.6. The second-order valence-corrected chi connectivity index (χ2v) is 4.71. The van der Waals surface area contributed by atoms with Gasteiger partial charge in [0.15, 0.2) is 0 Å². The molecule has 1 saturated heterocycles. The first kappa shape index (κ1) is 11.9. The van der Waals surface area contributed by atoms with Gasteiger partial charge in [0.2, 0.25) is 0 Å². The summed E-state index contributed by atoms with van der Waals surface area (Å²) >= 11 is 0. The van der Waals surface area contributed by atoms with E-state index in [-0.39, 0.29) is 17.8 Å². The lowest BCUT2D eigenvalue weighted by atomic mass is 10.00. The number of rotatable bonds is 2. The van der Waals surface area contributed by atoms with Crippen molar-refractivity contribution in [3.8, 4) is 0 Å². The van der Waals surface area contributed by atoms with Crippen molar-refractivity contribution in [2.75, 3.05) is 5.01 Å². The van der Waals surface area contributed by atoms with Crippen molar-refractivity contribution in [3.63, 3.8) is 0 Å². The lowest BCUT2D eigenvalue weighted by Crippen LogP contribution is -2.52. The maximum Gasteiger partial charge on any atom is 0.338 e. The van der Waals surface area contributed by atoms with Crippen LogP contribution < -0.4 is 15.8 Å². The lowest BCUT2D eigenvalue weighted by Gasteiger charge is -2.28. The molecule has 1 heterocycles. The molecule has 1 aliphatic rings. The Bertz CT molecular complexity index is 432. The molecule has 1 aromatic carbocycles. The molecular formula is C12H16FN3O. The van der Waals surface area contributed by atoms with Crippen molar-refractivity contribution >= 4 is 11.7 Å². The van der Waals surface area contributed by atoms with Crippen molar-refractivity contribution in [2.45, 2.75) is 26.4 Å². The van der Waals surface area contributed by atoms with E-state index < -0.39 is 5.66 Å². The van der Waals surface area contributed by atoms with Crippen LogP contribution in [0.15, 0.2) is 24.3 Å². The van der Waals surface area contributed by atoms with Gasteiger partial charge in [0.1, 0.15) is 11.5 Å². The Hall–Kier alpha value is -1.62. The minimum Gasteiger partial charge on any atom is -0.317 e. The normalized spacial score (nSPS) is 24.3. The molecule has 0 spiro atoms. The van der Waals surface area contributed by atoms with Gasteiger partial charge < -0.3 is 5.32 Å². The molecule has 0 radical (unpaired) electrons. The van der Waals surface area contributed by atoms with Crippen LogP contribution in [-0.2, 0) is 0 Å². The summed E-state index contributed by atoms with van der Waals surface area (Å²) in [5.41, 5.74) is 3.24. The Labute approximate surface area is 99.8 Å². The number of hydrogen-bond acceptors (Lipinski definition) is 2. The summed E-state index contributed by atoms with van der Waals surface area (Å²) < 4.78 is 12.8. The molecule has 92 valence electrons. The van der Waals surface area contributed by atoms with Crippen LogP contribution in [-0.4, -0.2) is 11.7 Å². The average Bonchev–Trinajstić information content (AvgIpc) is 2.57. The van der Waals surface area contributed by atoms with Gasteiger partial charge >= 0.3 is 6.03 Å². The van der Waals surface area contributed by atoms with Gasteiger partial charge in [-0.1, -0.05) is 13.8 Å². The Kier molecular flexibility index (Phi) is 2.79. The number of halogens is 1. The molecule has 5 heteroatoms. The minimum atomic E-state index is -0.481. The standard InChI is InChI=1S/C12H16FN3O/c1-8(2)12(3)14-11(17)16(15-12)10-6-4-9(13)5-7-10/h4-8,15H,1-3H3,(H,14,17). The van der Waals surface area contributed by atoms with Gasteiger partial charge in [0.25, 0.3) is 0 Å². The number of nitrogens with one attached hydrogen (secondary N) is 2. The molecular weight excluding hydrogens is 221 g/mol. The van der Waals surface area contributed by atoms with Gasteiger partial charge in [-0.25, -0.2) is 19.6 Å². The minimum absolute atomic E-state index is 0.229. The zero-order valence-electron chi connectivity index (χ0n) is 10.1. The first-order valence-corrected chi connectivity index (χ1v) is 5.58. The molecule has 0 saturated carbocycles. The van der Waals surface area contributed by atoms with Crippen molar-refractivity contribution in [2.24, 2.45) is 5.92 Å². The highest BCUT2D eigenvalue weighted by atomic mass is 19.1. The van der Waals surface area contributed by atoms with Crippen LogP contribution in [0.1, 0.15) is 20.8 Å². The molecule has 2 N–H and O–H groups in total. The number of anilines is 1. The average molecular weight is 237 g/mol. The fourth-order valence-corrected chi connectivity index (χ4v) is 1.63. The number of hydrogen-bond donors (Lipinski definition) is 2. The van der Waals surface area contributed by atoms with Gasteiger partial charge in [-0.3, -0.25) is 0 Å². The van der Waals surface area contributed by atoms with Crippen molar-refractivity contribution in [1.29, 1.82) is 0 Å². The second-order valence-electron chi connectivity index (χ2n) is 4.71. The highest BCUT2D eigenvalue weighted by Crippen LogP contribution is 2.23. The Balaban J connectivity index is 2.24. The van der Waals surface area contributed by atoms with E-state index in [2.05, 4.69) is 10.7 Å². The molecule has 0 aromatic heterocycles. The first-order valence-electron chi connectivity index (χ1n) is 5.58. The summed E-state index contributed by atoms with van der Waals surface area (Å²) in [7, 11) is 0. The van der Waals surface area contributed by atoms with E-state index in [0.29, 0.717) is 5.69 Å². The maximum atomic E-state index is 12.8. The molecule has 4 nitrogen and oxygen atoms in total. The van der Waals surface area contributed by atoms with Crippen LogP contribution in [0.2, 0.25) is 0 Å². The molecule has 1 aromatic rings. The largest absolute Gasteiger partial charge is 0.338 e. The van der Waals surface area contributed by atoms with E-state index in [9.17, 15) is 9.18 Å². The number of carbonyl (C=O) groups excluding carboxylic acids is 1. The Morgan fingerprint density at radius 3 is 2.35 bits per heavy atom. The number of benzene rings is 1. The third-order valence-corrected chi connectivity index (χ3v) is 3.15. The lowest BCUT2D eigenvalue weighted by molar-refractivity contribution is 0.236. The van der Waals surface area contributed by atoms with Crippen molar-refractivity contribution in [1.82, 2.24) is 10.7 Å². The summed E-state index contributed by atoms with van der Waals surface area (Å²) in [5, 5.41) is 4.28. The molecule has 0 bridgehead atoms. The molecule has 1 aliphatic heterocycles. The molecule has 2 amide bonds. The highest BCUT2D eigenvalue weighted by molar-refractivity contribution is 5.93. The smallest absolute Gasteiger partial charge is 0.317 e. The maximum absolute atomic E-state index is 12.8. The molecule has 1 atom stereocenters.